The summed E-state index contributed by atoms with van der Waals surface area (Å²) >= 11 is 0. The van der Waals surface area contributed by atoms with Crippen LogP contribution in [0.25, 0.3) is 0 Å². The molecule has 1 fully saturated rings. The number of nitrogens with zero attached hydrogens (tertiary/aromatic N) is 1. The van der Waals surface area contributed by atoms with E-state index in [1.54, 1.807) is 18.7 Å². The lowest BCUT2D eigenvalue weighted by Crippen LogP contribution is -2.57. The van der Waals surface area contributed by atoms with Crippen LogP contribution in [-0.2, 0) is 9.59 Å². The van der Waals surface area contributed by atoms with Crippen LogP contribution in [0.5, 0.6) is 0 Å². The number of nitrogens with one attached hydrogen (secondary N) is 1. The van der Waals surface area contributed by atoms with Gasteiger partial charge in [0.25, 0.3) is 0 Å². The standard InChI is InChI=1S/C12H18N2O2/c1-8(2)11(15)10-7-13-5-6-14(10)12(16)9(3)4/h10,13H,1,3,5-7H2,2,4H3. The van der Waals surface area contributed by atoms with Crippen molar-refractivity contribution in [1.82, 2.24) is 10.2 Å². The first-order valence-corrected chi connectivity index (χ1v) is 5.32. The number of hydrogen-bond donors (Lipinski definition) is 1. The molecule has 1 N–H and O–H groups in total. The maximum atomic E-state index is 11.9. The van der Waals surface area contributed by atoms with Crippen molar-refractivity contribution >= 4 is 11.7 Å². The zero-order chi connectivity index (χ0) is 12.3. The van der Waals surface area contributed by atoms with E-state index in [1.807, 2.05) is 0 Å². The topological polar surface area (TPSA) is 49.4 Å². The van der Waals surface area contributed by atoms with Crippen LogP contribution in [0.4, 0.5) is 0 Å². The molecule has 1 aliphatic heterocycles. The number of carbonyl (C=O) groups is 2. The van der Waals surface area contributed by atoms with E-state index in [4.69, 9.17) is 0 Å². The Bertz CT molecular complexity index is 313. The van der Waals surface area contributed by atoms with Gasteiger partial charge < -0.3 is 10.2 Å². The number of hydrogen-bond acceptors (Lipinski definition) is 3. The molecule has 0 aromatic rings. The van der Waals surface area contributed by atoms with Crippen LogP contribution in [-0.4, -0.2) is 42.3 Å². The SMILES string of the molecule is C=C(C)C(=O)C1CNCCN1C(=O)C(=C)C. The fourth-order valence-electron chi connectivity index (χ4n) is 1.71. The van der Waals surface area contributed by atoms with Crippen molar-refractivity contribution in [2.24, 2.45) is 0 Å². The Morgan fingerprint density at radius 1 is 1.25 bits per heavy atom. The van der Waals surface area contributed by atoms with Gasteiger partial charge in [0.1, 0.15) is 6.04 Å². The Balaban J connectivity index is 2.87. The molecule has 88 valence electrons. The van der Waals surface area contributed by atoms with Gasteiger partial charge in [-0.05, 0) is 19.4 Å². The van der Waals surface area contributed by atoms with Gasteiger partial charge in [0.15, 0.2) is 5.78 Å². The largest absolute Gasteiger partial charge is 0.326 e. The molecular formula is C12H18N2O2. The molecule has 1 atom stereocenters. The van der Waals surface area contributed by atoms with Crippen molar-refractivity contribution in [3.63, 3.8) is 0 Å². The molecule has 0 bridgehead atoms. The van der Waals surface area contributed by atoms with E-state index in [0.717, 1.165) is 0 Å². The van der Waals surface area contributed by atoms with Crippen LogP contribution in [0.1, 0.15) is 13.8 Å². The molecule has 1 heterocycles. The molecule has 0 spiro atoms. The van der Waals surface area contributed by atoms with Crippen molar-refractivity contribution in [1.29, 1.82) is 0 Å². The summed E-state index contributed by atoms with van der Waals surface area (Å²) in [6.07, 6.45) is 0. The molecule has 0 aromatic carbocycles. The second-order valence-corrected chi connectivity index (χ2v) is 4.14. The zero-order valence-corrected chi connectivity index (χ0v) is 9.88. The molecule has 16 heavy (non-hydrogen) atoms. The van der Waals surface area contributed by atoms with Gasteiger partial charge in [-0.1, -0.05) is 13.2 Å². The first-order valence-electron chi connectivity index (χ1n) is 5.32. The normalized spacial score (nSPS) is 20.4. The number of amides is 1. The Morgan fingerprint density at radius 2 is 1.88 bits per heavy atom. The number of carbonyl (C=O) groups excluding carboxylic acids is 2. The number of rotatable bonds is 3. The van der Waals surface area contributed by atoms with E-state index < -0.39 is 6.04 Å². The first-order chi connectivity index (χ1) is 7.45. The van der Waals surface area contributed by atoms with Gasteiger partial charge in [-0.15, -0.1) is 0 Å². The maximum absolute atomic E-state index is 11.9. The van der Waals surface area contributed by atoms with Crippen LogP contribution in [0.3, 0.4) is 0 Å². The molecule has 1 unspecified atom stereocenters. The van der Waals surface area contributed by atoms with E-state index in [-0.39, 0.29) is 11.7 Å². The minimum Gasteiger partial charge on any atom is -0.326 e. The third-order valence-corrected chi connectivity index (χ3v) is 2.59. The second-order valence-electron chi connectivity index (χ2n) is 4.14. The fourth-order valence-corrected chi connectivity index (χ4v) is 1.71. The van der Waals surface area contributed by atoms with Crippen LogP contribution in [0, 0.1) is 0 Å². The summed E-state index contributed by atoms with van der Waals surface area (Å²) in [4.78, 5) is 25.3. The fraction of sp³-hybridized carbons (Fsp3) is 0.500. The van der Waals surface area contributed by atoms with Crippen LogP contribution in [0.15, 0.2) is 24.3 Å². The van der Waals surface area contributed by atoms with Gasteiger partial charge in [-0.2, -0.15) is 0 Å². The van der Waals surface area contributed by atoms with E-state index in [0.29, 0.717) is 30.8 Å². The van der Waals surface area contributed by atoms with Crippen molar-refractivity contribution in [3.8, 4) is 0 Å². The van der Waals surface area contributed by atoms with Crippen LogP contribution < -0.4 is 5.32 Å². The zero-order valence-electron chi connectivity index (χ0n) is 9.88. The highest BCUT2D eigenvalue weighted by atomic mass is 16.2. The van der Waals surface area contributed by atoms with Gasteiger partial charge >= 0.3 is 0 Å². The number of ketones is 1. The first kappa shape index (κ1) is 12.6. The summed E-state index contributed by atoms with van der Waals surface area (Å²) in [5, 5.41) is 3.11. The van der Waals surface area contributed by atoms with Gasteiger partial charge in [-0.25, -0.2) is 0 Å². The summed E-state index contributed by atoms with van der Waals surface area (Å²) in [7, 11) is 0. The van der Waals surface area contributed by atoms with Crippen molar-refractivity contribution < 1.29 is 9.59 Å². The average molecular weight is 222 g/mol. The maximum Gasteiger partial charge on any atom is 0.249 e. The minimum absolute atomic E-state index is 0.0817. The molecule has 4 nitrogen and oxygen atoms in total. The van der Waals surface area contributed by atoms with Crippen molar-refractivity contribution in [2.75, 3.05) is 19.6 Å². The molecule has 0 saturated carbocycles. The lowest BCUT2D eigenvalue weighted by atomic mass is 10.0. The smallest absolute Gasteiger partial charge is 0.249 e. The quantitative estimate of drug-likeness (QED) is 0.708. The molecule has 0 radical (unpaired) electrons. The lowest BCUT2D eigenvalue weighted by molar-refractivity contribution is -0.136. The molecule has 0 aliphatic carbocycles. The molecule has 0 aromatic heterocycles. The second kappa shape index (κ2) is 5.07. The highest BCUT2D eigenvalue weighted by Gasteiger charge is 2.31. The third kappa shape index (κ3) is 2.58. The van der Waals surface area contributed by atoms with E-state index in [9.17, 15) is 9.59 Å². The third-order valence-electron chi connectivity index (χ3n) is 2.59. The molecule has 1 amide bonds. The van der Waals surface area contributed by atoms with E-state index in [1.165, 1.54) is 0 Å². The Kier molecular flexibility index (Phi) is 4.01. The van der Waals surface area contributed by atoms with Gasteiger partial charge in [0, 0.05) is 25.2 Å². The van der Waals surface area contributed by atoms with Gasteiger partial charge in [0.05, 0.1) is 0 Å². The van der Waals surface area contributed by atoms with Gasteiger partial charge in [-0.3, -0.25) is 9.59 Å². The highest BCUT2D eigenvalue weighted by Crippen LogP contribution is 2.11. The van der Waals surface area contributed by atoms with Crippen LogP contribution >= 0.6 is 0 Å². The summed E-state index contributed by atoms with van der Waals surface area (Å²) in [6, 6.07) is -0.435. The Labute approximate surface area is 96.0 Å². The molecule has 1 rings (SSSR count). The van der Waals surface area contributed by atoms with E-state index in [2.05, 4.69) is 18.5 Å². The monoisotopic (exact) mass is 222 g/mol. The molecule has 4 heteroatoms. The highest BCUT2D eigenvalue weighted by molar-refractivity contribution is 6.03. The summed E-state index contributed by atoms with van der Waals surface area (Å²) < 4.78 is 0. The lowest BCUT2D eigenvalue weighted by Gasteiger charge is -2.35. The Morgan fingerprint density at radius 3 is 2.38 bits per heavy atom. The Hall–Kier alpha value is -1.42. The minimum atomic E-state index is -0.435. The molecule has 1 saturated heterocycles. The predicted molar refractivity (Wildman–Crippen MR) is 63.0 cm³/mol. The van der Waals surface area contributed by atoms with E-state index >= 15 is 0 Å². The molecule has 1 aliphatic rings. The number of piperazine rings is 1. The van der Waals surface area contributed by atoms with Crippen molar-refractivity contribution in [3.05, 3.63) is 24.3 Å². The predicted octanol–water partition coefficient (Wildman–Crippen LogP) is 0.508. The van der Waals surface area contributed by atoms with Gasteiger partial charge in [0.2, 0.25) is 5.91 Å². The summed E-state index contributed by atoms with van der Waals surface area (Å²) in [5.74, 6) is -0.233. The summed E-state index contributed by atoms with van der Waals surface area (Å²) in [5.41, 5.74) is 0.939. The number of Topliss-reactive ketones (excluding diaryl/α,β-unsaturated/α-hetero) is 1. The van der Waals surface area contributed by atoms with Crippen molar-refractivity contribution in [2.45, 2.75) is 19.9 Å². The molecular weight excluding hydrogens is 204 g/mol. The average Bonchev–Trinajstić information content (AvgIpc) is 2.26. The van der Waals surface area contributed by atoms with Crippen LogP contribution in [0.2, 0.25) is 0 Å². The summed E-state index contributed by atoms with van der Waals surface area (Å²) in [6.45, 7) is 12.3.